The Morgan fingerprint density at radius 1 is 1.61 bits per heavy atom. The molecule has 0 aromatic carbocycles. The first-order chi connectivity index (χ1) is 8.42. The van der Waals surface area contributed by atoms with E-state index in [1.165, 1.54) is 0 Å². The van der Waals surface area contributed by atoms with Crippen molar-refractivity contribution in [3.63, 3.8) is 0 Å². The lowest BCUT2D eigenvalue weighted by molar-refractivity contribution is -0.133. The predicted molar refractivity (Wildman–Crippen MR) is 82.8 cm³/mol. The van der Waals surface area contributed by atoms with Gasteiger partial charge < -0.3 is 11.1 Å². The summed E-state index contributed by atoms with van der Waals surface area (Å²) in [6.07, 6.45) is 2.59. The maximum absolute atomic E-state index is 12.3. The van der Waals surface area contributed by atoms with Gasteiger partial charge in [-0.15, -0.1) is 0 Å². The molecule has 1 amide bonds. The molecule has 1 aliphatic rings. The van der Waals surface area contributed by atoms with Gasteiger partial charge in [-0.05, 0) is 43.6 Å². The Balaban J connectivity index is 2.46. The molecule has 1 aliphatic carbocycles. The van der Waals surface area contributed by atoms with Crippen LogP contribution >= 0.6 is 24.0 Å². The van der Waals surface area contributed by atoms with Crippen LogP contribution < -0.4 is 11.1 Å². The number of carbonyl (C=O) groups excluding carboxylic acids is 1. The van der Waals surface area contributed by atoms with Crippen LogP contribution in [0.4, 0.5) is 0 Å². The number of rotatable bonds is 7. The molecule has 1 unspecified atom stereocenters. The van der Waals surface area contributed by atoms with Crippen molar-refractivity contribution in [2.24, 2.45) is 17.1 Å². The molecule has 3 nitrogen and oxygen atoms in total. The van der Waals surface area contributed by atoms with E-state index in [-0.39, 0.29) is 11.9 Å². The highest BCUT2D eigenvalue weighted by atomic mass is 32.2. The van der Waals surface area contributed by atoms with Crippen LogP contribution in [0, 0.1) is 11.3 Å². The monoisotopic (exact) mass is 288 g/mol. The Morgan fingerprint density at radius 2 is 2.22 bits per heavy atom. The number of thiocarbonyl (C=S) groups is 1. The van der Waals surface area contributed by atoms with Crippen LogP contribution in [-0.2, 0) is 4.79 Å². The molecule has 0 spiro atoms. The summed E-state index contributed by atoms with van der Waals surface area (Å²) in [6, 6.07) is 0.193. The van der Waals surface area contributed by atoms with Crippen LogP contribution in [0.25, 0.3) is 0 Å². The highest BCUT2D eigenvalue weighted by Crippen LogP contribution is 2.46. The Labute approximate surface area is 120 Å². The van der Waals surface area contributed by atoms with E-state index in [4.69, 9.17) is 18.0 Å². The molecule has 5 heteroatoms. The van der Waals surface area contributed by atoms with Crippen molar-refractivity contribution in [3.8, 4) is 0 Å². The minimum atomic E-state index is -0.569. The minimum Gasteiger partial charge on any atom is -0.392 e. The van der Waals surface area contributed by atoms with Crippen molar-refractivity contribution in [3.05, 3.63) is 0 Å². The van der Waals surface area contributed by atoms with Crippen LogP contribution in [0.5, 0.6) is 0 Å². The topological polar surface area (TPSA) is 55.1 Å². The molecule has 1 saturated carbocycles. The van der Waals surface area contributed by atoms with E-state index in [9.17, 15) is 4.79 Å². The van der Waals surface area contributed by atoms with Gasteiger partial charge in [0, 0.05) is 6.04 Å². The first-order valence-electron chi connectivity index (χ1n) is 6.61. The molecule has 1 fully saturated rings. The molecule has 18 heavy (non-hydrogen) atoms. The third-order valence-corrected chi connectivity index (χ3v) is 4.90. The van der Waals surface area contributed by atoms with Crippen molar-refractivity contribution < 1.29 is 4.79 Å². The summed E-state index contributed by atoms with van der Waals surface area (Å²) >= 11 is 6.98. The minimum absolute atomic E-state index is 0.0297. The van der Waals surface area contributed by atoms with Gasteiger partial charge in [-0.2, -0.15) is 11.8 Å². The fourth-order valence-corrected chi connectivity index (χ4v) is 3.54. The van der Waals surface area contributed by atoms with Crippen molar-refractivity contribution in [1.82, 2.24) is 5.32 Å². The van der Waals surface area contributed by atoms with E-state index >= 15 is 0 Å². The largest absolute Gasteiger partial charge is 0.392 e. The summed E-state index contributed by atoms with van der Waals surface area (Å²) in [5.74, 6) is 2.77. The number of nitrogens with two attached hydrogens (primary N) is 1. The van der Waals surface area contributed by atoms with Crippen molar-refractivity contribution in [2.45, 2.75) is 46.1 Å². The molecule has 0 aliphatic heterocycles. The Morgan fingerprint density at radius 3 is 2.67 bits per heavy atom. The lowest BCUT2D eigenvalue weighted by Crippen LogP contribution is -2.57. The van der Waals surface area contributed by atoms with Gasteiger partial charge in [-0.3, -0.25) is 4.79 Å². The highest BCUT2D eigenvalue weighted by molar-refractivity contribution is 7.99. The molecular formula is C13H24N2OS2. The second kappa shape index (κ2) is 6.75. The average Bonchev–Trinajstić information content (AvgIpc) is 2.24. The molecule has 0 radical (unpaired) electrons. The summed E-state index contributed by atoms with van der Waals surface area (Å²) in [6.45, 7) is 6.32. The van der Waals surface area contributed by atoms with E-state index in [0.29, 0.717) is 10.9 Å². The zero-order valence-corrected chi connectivity index (χ0v) is 13.1. The predicted octanol–water partition coefficient (Wildman–Crippen LogP) is 2.34. The number of amides is 1. The van der Waals surface area contributed by atoms with Gasteiger partial charge in [0.1, 0.15) is 0 Å². The van der Waals surface area contributed by atoms with Gasteiger partial charge in [0.2, 0.25) is 5.91 Å². The summed E-state index contributed by atoms with van der Waals surface area (Å²) in [4.78, 5) is 12.6. The molecule has 3 N–H and O–H groups in total. The molecule has 0 bridgehead atoms. The molecule has 0 aromatic heterocycles. The zero-order chi connectivity index (χ0) is 13.8. The first-order valence-corrected chi connectivity index (χ1v) is 8.17. The Bertz CT molecular complexity index is 314. The highest BCUT2D eigenvalue weighted by Gasteiger charge is 2.50. The number of carbonyl (C=O) groups is 1. The van der Waals surface area contributed by atoms with Crippen molar-refractivity contribution in [2.75, 3.05) is 11.5 Å². The standard InChI is InChI=1S/C13H24N2OS2/c1-4-18-6-5-10(3)15-12(16)13(11(14)17)7-9(2)8-13/h9-10H,4-8H2,1-3H3,(H2,14,17)(H,15,16). The second-order valence-electron chi connectivity index (χ2n) is 5.32. The number of thioether (sulfide) groups is 1. The zero-order valence-electron chi connectivity index (χ0n) is 11.5. The fourth-order valence-electron chi connectivity index (χ4n) is 2.47. The third-order valence-electron chi connectivity index (χ3n) is 3.58. The van der Waals surface area contributed by atoms with Crippen molar-refractivity contribution >= 4 is 34.9 Å². The van der Waals surface area contributed by atoms with Gasteiger partial charge >= 0.3 is 0 Å². The van der Waals surface area contributed by atoms with E-state index in [1.807, 2.05) is 18.7 Å². The lowest BCUT2D eigenvalue weighted by Gasteiger charge is -2.44. The summed E-state index contributed by atoms with van der Waals surface area (Å²) in [5.41, 5.74) is 5.19. The second-order valence-corrected chi connectivity index (χ2v) is 7.15. The molecule has 0 saturated heterocycles. The number of nitrogens with one attached hydrogen (secondary N) is 1. The molecule has 104 valence electrons. The van der Waals surface area contributed by atoms with Gasteiger partial charge in [-0.1, -0.05) is 26.1 Å². The van der Waals surface area contributed by atoms with E-state index in [0.717, 1.165) is 30.8 Å². The Hall–Kier alpha value is -0.290. The van der Waals surface area contributed by atoms with Crippen LogP contribution in [0.15, 0.2) is 0 Å². The molecular weight excluding hydrogens is 264 g/mol. The van der Waals surface area contributed by atoms with Crippen LogP contribution in [0.3, 0.4) is 0 Å². The van der Waals surface area contributed by atoms with E-state index in [2.05, 4.69) is 19.2 Å². The third kappa shape index (κ3) is 3.60. The van der Waals surface area contributed by atoms with Crippen LogP contribution in [0.2, 0.25) is 0 Å². The van der Waals surface area contributed by atoms with Gasteiger partial charge in [-0.25, -0.2) is 0 Å². The SMILES string of the molecule is CCSCCC(C)NC(=O)C1(C(N)=S)CC(C)C1. The summed E-state index contributed by atoms with van der Waals surface area (Å²) in [5, 5.41) is 3.06. The smallest absolute Gasteiger partial charge is 0.233 e. The normalized spacial score (nSPS) is 28.3. The van der Waals surface area contributed by atoms with Crippen molar-refractivity contribution in [1.29, 1.82) is 0 Å². The average molecular weight is 288 g/mol. The maximum Gasteiger partial charge on any atom is 0.233 e. The summed E-state index contributed by atoms with van der Waals surface area (Å²) in [7, 11) is 0. The fraction of sp³-hybridized carbons (Fsp3) is 0.846. The molecule has 0 aromatic rings. The van der Waals surface area contributed by atoms with E-state index < -0.39 is 5.41 Å². The van der Waals surface area contributed by atoms with Gasteiger partial charge in [0.05, 0.1) is 10.4 Å². The van der Waals surface area contributed by atoms with Gasteiger partial charge in [0.15, 0.2) is 0 Å². The summed E-state index contributed by atoms with van der Waals surface area (Å²) < 4.78 is 0. The molecule has 0 heterocycles. The van der Waals surface area contributed by atoms with Crippen LogP contribution in [0.1, 0.15) is 40.0 Å². The number of hydrogen-bond acceptors (Lipinski definition) is 3. The molecule has 1 atom stereocenters. The van der Waals surface area contributed by atoms with E-state index in [1.54, 1.807) is 0 Å². The van der Waals surface area contributed by atoms with Gasteiger partial charge in [0.25, 0.3) is 0 Å². The molecule has 1 rings (SSSR count). The number of hydrogen-bond donors (Lipinski definition) is 2. The Kier molecular flexibility index (Phi) is 5.92. The lowest BCUT2D eigenvalue weighted by atomic mass is 9.62. The first kappa shape index (κ1) is 15.8. The van der Waals surface area contributed by atoms with Crippen LogP contribution in [-0.4, -0.2) is 28.4 Å². The quantitative estimate of drug-likeness (QED) is 0.558. The maximum atomic E-state index is 12.3.